The lowest BCUT2D eigenvalue weighted by Crippen LogP contribution is -2.39. The van der Waals surface area contributed by atoms with Crippen molar-refractivity contribution < 1.29 is 0 Å². The van der Waals surface area contributed by atoms with Crippen molar-refractivity contribution in [3.05, 3.63) is 50.0 Å². The largest absolute Gasteiger partial charge is 0.353 e. The van der Waals surface area contributed by atoms with Crippen LogP contribution < -0.4 is 16.6 Å². The Balaban J connectivity index is 3.16. The molecule has 5 nitrogen and oxygen atoms in total. The van der Waals surface area contributed by atoms with Crippen molar-refractivity contribution in [2.45, 2.75) is 47.0 Å². The van der Waals surface area contributed by atoms with Crippen molar-refractivity contribution in [3.8, 4) is 0 Å². The van der Waals surface area contributed by atoms with Crippen LogP contribution in [0.4, 0.5) is 5.69 Å². The summed E-state index contributed by atoms with van der Waals surface area (Å²) >= 11 is 0. The fraction of sp³-hybridized carbons (Fsp3) is 0.529. The van der Waals surface area contributed by atoms with E-state index in [9.17, 15) is 9.59 Å². The Morgan fingerprint density at radius 3 is 2.18 bits per heavy atom. The average molecular weight is 305 g/mol. The third kappa shape index (κ3) is 4.00. The van der Waals surface area contributed by atoms with E-state index in [1.165, 1.54) is 11.6 Å². The molecule has 0 atom stereocenters. The number of aromatic nitrogens is 2. The maximum absolute atomic E-state index is 12.4. The molecule has 0 radical (unpaired) electrons. The summed E-state index contributed by atoms with van der Waals surface area (Å²) in [5.41, 5.74) is 3.83. The van der Waals surface area contributed by atoms with Crippen molar-refractivity contribution in [1.82, 2.24) is 9.13 Å². The Hall–Kier alpha value is -2.04. The molecule has 0 aromatic carbocycles. The van der Waals surface area contributed by atoms with Crippen LogP contribution in [0, 0.1) is 6.92 Å². The van der Waals surface area contributed by atoms with Crippen LogP contribution in [0.3, 0.4) is 0 Å². The van der Waals surface area contributed by atoms with Crippen LogP contribution in [-0.2, 0) is 14.1 Å². The third-order valence-corrected chi connectivity index (χ3v) is 3.87. The van der Waals surface area contributed by atoms with Crippen molar-refractivity contribution in [2.24, 2.45) is 14.1 Å². The van der Waals surface area contributed by atoms with Crippen molar-refractivity contribution in [3.63, 3.8) is 0 Å². The summed E-state index contributed by atoms with van der Waals surface area (Å²) in [6.45, 7) is 11.7. The van der Waals surface area contributed by atoms with E-state index in [1.54, 1.807) is 14.0 Å². The molecule has 0 spiro atoms. The third-order valence-electron chi connectivity index (χ3n) is 3.87. The normalized spacial score (nSPS) is 10.5. The minimum absolute atomic E-state index is 0.292. The first-order valence-corrected chi connectivity index (χ1v) is 7.51. The van der Waals surface area contributed by atoms with E-state index >= 15 is 0 Å². The maximum atomic E-state index is 12.4. The van der Waals surface area contributed by atoms with Gasteiger partial charge in [-0.3, -0.25) is 13.9 Å². The Kier molecular flexibility index (Phi) is 5.97. The van der Waals surface area contributed by atoms with Gasteiger partial charge in [-0.05, 0) is 47.0 Å². The number of hydrogen-bond acceptors (Lipinski definition) is 3. The zero-order chi connectivity index (χ0) is 17.0. The Bertz CT molecular complexity index is 717. The van der Waals surface area contributed by atoms with Gasteiger partial charge in [0.25, 0.3) is 5.56 Å². The average Bonchev–Trinajstić information content (AvgIpc) is 2.45. The van der Waals surface area contributed by atoms with Crippen LogP contribution in [0.25, 0.3) is 0 Å². The fourth-order valence-electron chi connectivity index (χ4n) is 2.24. The van der Waals surface area contributed by atoms with Crippen LogP contribution in [0.2, 0.25) is 0 Å². The highest BCUT2D eigenvalue weighted by atomic mass is 16.2. The Labute approximate surface area is 132 Å². The van der Waals surface area contributed by atoms with Crippen LogP contribution in [-0.4, -0.2) is 9.13 Å². The second kappa shape index (κ2) is 7.29. The number of hydrogen-bond donors (Lipinski definition) is 1. The second-order valence-corrected chi connectivity index (χ2v) is 6.08. The van der Waals surface area contributed by atoms with Gasteiger partial charge in [0.2, 0.25) is 0 Å². The standard InChI is InChI=1S/C17H27N3O2/c1-11(2)9-8-10-14(12(3)4)18-15-13(5)19(6)17(22)20(7)16(15)21/h18H,1,8-10H2,2-7H3. The summed E-state index contributed by atoms with van der Waals surface area (Å²) in [7, 11) is 3.17. The van der Waals surface area contributed by atoms with E-state index in [0.717, 1.165) is 40.7 Å². The molecule has 0 amide bonds. The highest BCUT2D eigenvalue weighted by Gasteiger charge is 2.13. The van der Waals surface area contributed by atoms with Gasteiger partial charge in [0, 0.05) is 25.5 Å². The molecule has 0 aliphatic heterocycles. The minimum atomic E-state index is -0.311. The first kappa shape index (κ1) is 18.0. The molecule has 5 heteroatoms. The van der Waals surface area contributed by atoms with E-state index in [4.69, 9.17) is 0 Å². The van der Waals surface area contributed by atoms with Crippen molar-refractivity contribution >= 4 is 5.69 Å². The molecule has 0 aliphatic carbocycles. The van der Waals surface area contributed by atoms with Gasteiger partial charge in [0.15, 0.2) is 0 Å². The molecule has 1 heterocycles. The maximum Gasteiger partial charge on any atom is 0.330 e. The topological polar surface area (TPSA) is 56.0 Å². The molecule has 0 saturated heterocycles. The predicted octanol–water partition coefficient (Wildman–Crippen LogP) is 2.84. The Morgan fingerprint density at radius 2 is 1.68 bits per heavy atom. The molecule has 1 aromatic rings. The Morgan fingerprint density at radius 1 is 1.09 bits per heavy atom. The lowest BCUT2D eigenvalue weighted by atomic mass is 10.1. The first-order valence-electron chi connectivity index (χ1n) is 7.51. The summed E-state index contributed by atoms with van der Waals surface area (Å²) < 4.78 is 2.62. The lowest BCUT2D eigenvalue weighted by Gasteiger charge is -2.17. The molecular formula is C17H27N3O2. The molecule has 0 fully saturated rings. The predicted molar refractivity (Wildman–Crippen MR) is 92.3 cm³/mol. The molecular weight excluding hydrogens is 278 g/mol. The van der Waals surface area contributed by atoms with Gasteiger partial charge in [0.05, 0.1) is 0 Å². The molecule has 22 heavy (non-hydrogen) atoms. The molecule has 122 valence electrons. The minimum Gasteiger partial charge on any atom is -0.353 e. The number of allylic oxidation sites excluding steroid dienone is 3. The van der Waals surface area contributed by atoms with Gasteiger partial charge >= 0.3 is 5.69 Å². The van der Waals surface area contributed by atoms with Crippen LogP contribution in [0.1, 0.15) is 45.7 Å². The zero-order valence-electron chi connectivity index (χ0n) is 14.5. The van der Waals surface area contributed by atoms with E-state index in [1.807, 2.05) is 20.8 Å². The summed E-state index contributed by atoms with van der Waals surface area (Å²) in [6.07, 6.45) is 2.79. The molecule has 0 bridgehead atoms. The summed E-state index contributed by atoms with van der Waals surface area (Å²) in [4.78, 5) is 24.3. The smallest absolute Gasteiger partial charge is 0.330 e. The molecule has 1 aromatic heterocycles. The van der Waals surface area contributed by atoms with Crippen LogP contribution in [0.15, 0.2) is 33.0 Å². The van der Waals surface area contributed by atoms with E-state index in [0.29, 0.717) is 11.4 Å². The number of rotatable bonds is 6. The quantitative estimate of drug-likeness (QED) is 0.822. The number of nitrogens with zero attached hydrogens (tertiary/aromatic N) is 2. The fourth-order valence-corrected chi connectivity index (χ4v) is 2.24. The van der Waals surface area contributed by atoms with Gasteiger partial charge < -0.3 is 5.32 Å². The summed E-state index contributed by atoms with van der Waals surface area (Å²) in [5.74, 6) is 0. The van der Waals surface area contributed by atoms with E-state index < -0.39 is 0 Å². The molecule has 0 aliphatic rings. The number of nitrogens with one attached hydrogen (secondary N) is 1. The highest BCUT2D eigenvalue weighted by molar-refractivity contribution is 5.51. The van der Waals surface area contributed by atoms with Crippen molar-refractivity contribution in [1.29, 1.82) is 0 Å². The van der Waals surface area contributed by atoms with E-state index in [2.05, 4.69) is 11.9 Å². The SMILES string of the molecule is C=C(C)CCCC(Nc1c(C)n(C)c(=O)n(C)c1=O)=C(C)C. The van der Waals surface area contributed by atoms with Gasteiger partial charge in [-0.2, -0.15) is 0 Å². The van der Waals surface area contributed by atoms with Gasteiger partial charge in [-0.25, -0.2) is 4.79 Å². The summed E-state index contributed by atoms with van der Waals surface area (Å²) in [5, 5.41) is 3.25. The van der Waals surface area contributed by atoms with Crippen molar-refractivity contribution in [2.75, 3.05) is 5.32 Å². The van der Waals surface area contributed by atoms with Gasteiger partial charge in [0.1, 0.15) is 5.69 Å². The van der Waals surface area contributed by atoms with Gasteiger partial charge in [-0.15, -0.1) is 6.58 Å². The zero-order valence-corrected chi connectivity index (χ0v) is 14.5. The van der Waals surface area contributed by atoms with Crippen LogP contribution in [0.5, 0.6) is 0 Å². The molecule has 0 unspecified atom stereocenters. The highest BCUT2D eigenvalue weighted by Crippen LogP contribution is 2.18. The van der Waals surface area contributed by atoms with E-state index in [-0.39, 0.29) is 11.2 Å². The summed E-state index contributed by atoms with van der Waals surface area (Å²) in [6, 6.07) is 0. The molecule has 0 saturated carbocycles. The first-order chi connectivity index (χ1) is 10.2. The monoisotopic (exact) mass is 305 g/mol. The molecule has 1 N–H and O–H groups in total. The lowest BCUT2D eigenvalue weighted by molar-refractivity contribution is 0.670. The van der Waals surface area contributed by atoms with Crippen LogP contribution >= 0.6 is 0 Å². The second-order valence-electron chi connectivity index (χ2n) is 6.08. The number of anilines is 1. The van der Waals surface area contributed by atoms with Gasteiger partial charge in [-0.1, -0.05) is 11.1 Å². The molecule has 1 rings (SSSR count).